The lowest BCUT2D eigenvalue weighted by Crippen LogP contribution is -2.22. The molecule has 0 bridgehead atoms. The molecule has 6 heteroatoms. The highest BCUT2D eigenvalue weighted by Crippen LogP contribution is 2.11. The average Bonchev–Trinajstić information content (AvgIpc) is 2.99. The van der Waals surface area contributed by atoms with Crippen molar-refractivity contribution in [2.45, 2.75) is 6.54 Å². The van der Waals surface area contributed by atoms with Gasteiger partial charge in [0.05, 0.1) is 30.7 Å². The molecule has 3 aromatic rings. The minimum absolute atomic E-state index is 0.167. The van der Waals surface area contributed by atoms with Crippen molar-refractivity contribution < 1.29 is 9.53 Å². The van der Waals surface area contributed by atoms with Crippen molar-refractivity contribution in [2.75, 3.05) is 7.11 Å². The Bertz CT molecular complexity index is 837. The monoisotopic (exact) mass is 308 g/mol. The van der Waals surface area contributed by atoms with Crippen LogP contribution in [0.25, 0.3) is 11.0 Å². The van der Waals surface area contributed by atoms with E-state index >= 15 is 0 Å². The Balaban J connectivity index is 1.59. The summed E-state index contributed by atoms with van der Waals surface area (Å²) in [6.45, 7) is 0.167. The highest BCUT2D eigenvalue weighted by molar-refractivity contribution is 5.83. The fourth-order valence-electron chi connectivity index (χ4n) is 2.20. The number of benzene rings is 2. The van der Waals surface area contributed by atoms with Crippen LogP contribution in [-0.2, 0) is 11.3 Å². The van der Waals surface area contributed by atoms with Crippen LogP contribution in [0, 0.1) is 0 Å². The van der Waals surface area contributed by atoms with Gasteiger partial charge in [-0.15, -0.1) is 0 Å². The van der Waals surface area contributed by atoms with E-state index in [1.807, 2.05) is 48.5 Å². The molecule has 1 heterocycles. The van der Waals surface area contributed by atoms with E-state index in [2.05, 4.69) is 15.5 Å². The maximum absolute atomic E-state index is 12.0. The fourth-order valence-corrected chi connectivity index (χ4v) is 2.20. The van der Waals surface area contributed by atoms with Crippen LogP contribution < -0.4 is 10.2 Å². The van der Waals surface area contributed by atoms with E-state index in [4.69, 9.17) is 4.74 Å². The number of amides is 1. The third kappa shape index (κ3) is 3.55. The van der Waals surface area contributed by atoms with E-state index in [-0.39, 0.29) is 12.5 Å². The molecule has 6 nitrogen and oxygen atoms in total. The maximum atomic E-state index is 12.0. The van der Waals surface area contributed by atoms with Gasteiger partial charge in [-0.25, -0.2) is 10.4 Å². The van der Waals surface area contributed by atoms with Crippen LogP contribution in [0.5, 0.6) is 5.75 Å². The third-order valence-electron chi connectivity index (χ3n) is 3.36. The van der Waals surface area contributed by atoms with Gasteiger partial charge in [0.25, 0.3) is 5.91 Å². The van der Waals surface area contributed by atoms with Gasteiger partial charge in [0.2, 0.25) is 0 Å². The molecule has 3 rings (SSSR count). The maximum Gasteiger partial charge on any atom is 0.260 e. The zero-order valence-corrected chi connectivity index (χ0v) is 12.6. The number of fused-ring (bicyclic) bond motifs is 1. The number of hydrogen-bond donors (Lipinski definition) is 1. The largest absolute Gasteiger partial charge is 0.497 e. The number of rotatable bonds is 5. The van der Waals surface area contributed by atoms with Crippen LogP contribution in [-0.4, -0.2) is 28.8 Å². The third-order valence-corrected chi connectivity index (χ3v) is 3.36. The Morgan fingerprint density at radius 3 is 2.83 bits per heavy atom. The number of hydrazone groups is 1. The number of nitrogens with zero attached hydrogens (tertiary/aromatic N) is 3. The molecule has 0 atom stereocenters. The summed E-state index contributed by atoms with van der Waals surface area (Å²) >= 11 is 0. The molecule has 0 aliphatic carbocycles. The molecule has 0 aliphatic heterocycles. The van der Waals surface area contributed by atoms with Gasteiger partial charge in [-0.2, -0.15) is 5.10 Å². The molecule has 1 amide bonds. The molecular formula is C17H16N4O2. The van der Waals surface area contributed by atoms with E-state index in [0.29, 0.717) is 0 Å². The van der Waals surface area contributed by atoms with E-state index in [1.54, 1.807) is 24.2 Å². The summed E-state index contributed by atoms with van der Waals surface area (Å²) in [5, 5.41) is 3.96. The number of carbonyl (C=O) groups excluding carboxylic acids is 1. The first kappa shape index (κ1) is 14.8. The highest BCUT2D eigenvalue weighted by Gasteiger charge is 2.05. The lowest BCUT2D eigenvalue weighted by atomic mass is 10.2. The summed E-state index contributed by atoms with van der Waals surface area (Å²) in [4.78, 5) is 16.2. The van der Waals surface area contributed by atoms with Crippen LogP contribution in [0.1, 0.15) is 5.56 Å². The first-order valence-corrected chi connectivity index (χ1v) is 7.12. The number of carbonyl (C=O) groups is 1. The van der Waals surface area contributed by atoms with Crippen LogP contribution in [0.2, 0.25) is 0 Å². The molecule has 1 aromatic heterocycles. The SMILES string of the molecule is COc1ccc(/C=N\NC(=O)Cn2cnc3ccccc32)cc1. The van der Waals surface area contributed by atoms with Crippen molar-refractivity contribution in [3.63, 3.8) is 0 Å². The number of imidazole rings is 1. The molecular weight excluding hydrogens is 292 g/mol. The van der Waals surface area contributed by atoms with Crippen LogP contribution in [0.15, 0.2) is 60.0 Å². The number of methoxy groups -OCH3 is 1. The number of para-hydroxylation sites is 2. The second kappa shape index (κ2) is 6.74. The molecule has 0 aliphatic rings. The molecule has 0 spiro atoms. The van der Waals surface area contributed by atoms with Crippen molar-refractivity contribution in [1.29, 1.82) is 0 Å². The summed E-state index contributed by atoms with van der Waals surface area (Å²) in [7, 11) is 1.61. The van der Waals surface area contributed by atoms with Crippen molar-refractivity contribution in [3.8, 4) is 5.75 Å². The Morgan fingerprint density at radius 1 is 1.26 bits per heavy atom. The lowest BCUT2D eigenvalue weighted by molar-refractivity contribution is -0.121. The number of hydrogen-bond acceptors (Lipinski definition) is 4. The van der Waals surface area contributed by atoms with Gasteiger partial charge in [0.15, 0.2) is 0 Å². The van der Waals surface area contributed by atoms with Gasteiger partial charge in [-0.3, -0.25) is 4.79 Å². The quantitative estimate of drug-likeness (QED) is 0.580. The fraction of sp³-hybridized carbons (Fsp3) is 0.118. The van der Waals surface area contributed by atoms with Gasteiger partial charge in [-0.1, -0.05) is 12.1 Å². The van der Waals surface area contributed by atoms with Gasteiger partial charge < -0.3 is 9.30 Å². The number of aromatic nitrogens is 2. The van der Waals surface area contributed by atoms with Crippen molar-refractivity contribution in [2.24, 2.45) is 5.10 Å². The van der Waals surface area contributed by atoms with E-state index < -0.39 is 0 Å². The second-order valence-electron chi connectivity index (χ2n) is 4.93. The Kier molecular flexibility index (Phi) is 4.33. The predicted octanol–water partition coefficient (Wildman–Crippen LogP) is 2.20. The smallest absolute Gasteiger partial charge is 0.260 e. The molecule has 23 heavy (non-hydrogen) atoms. The zero-order chi connectivity index (χ0) is 16.1. The molecule has 0 fully saturated rings. The van der Waals surface area contributed by atoms with E-state index in [0.717, 1.165) is 22.3 Å². The van der Waals surface area contributed by atoms with E-state index in [9.17, 15) is 4.79 Å². The van der Waals surface area contributed by atoms with E-state index in [1.165, 1.54) is 0 Å². The van der Waals surface area contributed by atoms with Crippen molar-refractivity contribution >= 4 is 23.2 Å². The summed E-state index contributed by atoms with van der Waals surface area (Å²) in [5.74, 6) is 0.566. The lowest BCUT2D eigenvalue weighted by Gasteiger charge is -2.03. The summed E-state index contributed by atoms with van der Waals surface area (Å²) in [6.07, 6.45) is 3.24. The molecule has 1 N–H and O–H groups in total. The van der Waals surface area contributed by atoms with Gasteiger partial charge in [0, 0.05) is 0 Å². The van der Waals surface area contributed by atoms with Crippen LogP contribution >= 0.6 is 0 Å². The summed E-state index contributed by atoms with van der Waals surface area (Å²) in [6, 6.07) is 15.1. The zero-order valence-electron chi connectivity index (χ0n) is 12.6. The molecule has 0 saturated heterocycles. The highest BCUT2D eigenvalue weighted by atomic mass is 16.5. The van der Waals surface area contributed by atoms with Crippen LogP contribution in [0.4, 0.5) is 0 Å². The Labute approximate surface area is 133 Å². The molecule has 0 saturated carbocycles. The minimum atomic E-state index is -0.210. The number of nitrogens with one attached hydrogen (secondary N) is 1. The molecule has 0 unspecified atom stereocenters. The first-order valence-electron chi connectivity index (χ1n) is 7.12. The van der Waals surface area contributed by atoms with Gasteiger partial charge in [0.1, 0.15) is 12.3 Å². The topological polar surface area (TPSA) is 68.5 Å². The summed E-state index contributed by atoms with van der Waals surface area (Å²) < 4.78 is 6.87. The van der Waals surface area contributed by atoms with Crippen molar-refractivity contribution in [3.05, 3.63) is 60.4 Å². The molecule has 2 aromatic carbocycles. The van der Waals surface area contributed by atoms with Crippen LogP contribution in [0.3, 0.4) is 0 Å². The Morgan fingerprint density at radius 2 is 2.04 bits per heavy atom. The average molecular weight is 308 g/mol. The minimum Gasteiger partial charge on any atom is -0.497 e. The van der Waals surface area contributed by atoms with Crippen molar-refractivity contribution in [1.82, 2.24) is 15.0 Å². The first-order chi connectivity index (χ1) is 11.3. The standard InChI is InChI=1S/C17H16N4O2/c1-23-14-8-6-13(7-9-14)10-19-20-17(22)11-21-12-18-15-4-2-3-5-16(15)21/h2-10,12H,11H2,1H3,(H,20,22)/b19-10-. The van der Waals surface area contributed by atoms with Gasteiger partial charge in [-0.05, 0) is 42.0 Å². The summed E-state index contributed by atoms with van der Waals surface area (Å²) in [5.41, 5.74) is 5.17. The Hall–Kier alpha value is -3.15. The molecule has 0 radical (unpaired) electrons. The number of ether oxygens (including phenoxy) is 1. The van der Waals surface area contributed by atoms with Gasteiger partial charge >= 0.3 is 0 Å². The normalized spacial score (nSPS) is 11.0. The predicted molar refractivity (Wildman–Crippen MR) is 88.5 cm³/mol. The second-order valence-corrected chi connectivity index (χ2v) is 4.93. The molecule has 116 valence electrons.